The Hall–Kier alpha value is -1.43. The van der Waals surface area contributed by atoms with Gasteiger partial charge >= 0.3 is 0 Å². The first kappa shape index (κ1) is 12.0. The lowest BCUT2D eigenvalue weighted by molar-refractivity contribution is -0.150. The van der Waals surface area contributed by atoms with Crippen LogP contribution in [0.15, 0.2) is 12.7 Å². The minimum absolute atomic E-state index is 0.0303. The number of hydrogen-bond acceptors (Lipinski definition) is 4. The summed E-state index contributed by atoms with van der Waals surface area (Å²) in [5.41, 5.74) is -0.652. The van der Waals surface area contributed by atoms with E-state index in [1.54, 1.807) is 11.0 Å². The van der Waals surface area contributed by atoms with E-state index in [-0.39, 0.29) is 5.91 Å². The second-order valence-corrected chi connectivity index (χ2v) is 4.45. The molecule has 2 rings (SSSR count). The molecule has 0 spiro atoms. The fraction of sp³-hybridized carbons (Fsp3) is 0.727. The van der Waals surface area contributed by atoms with Gasteiger partial charge in [-0.05, 0) is 26.2 Å². The van der Waals surface area contributed by atoms with Crippen LogP contribution in [0.25, 0.3) is 0 Å². The molecule has 1 fully saturated rings. The van der Waals surface area contributed by atoms with Gasteiger partial charge in [-0.15, -0.1) is 0 Å². The standard InChI is InChI=1S/C11H18N4O2/c1-11(4-2-3-7-17-11)10(16)13-5-6-15-9-12-8-14-15/h8-9H,2-7H2,1H3,(H,13,16)/t11-/m0/s1. The number of nitrogens with one attached hydrogen (secondary N) is 1. The Labute approximate surface area is 100 Å². The van der Waals surface area contributed by atoms with E-state index in [1.165, 1.54) is 6.33 Å². The van der Waals surface area contributed by atoms with Crippen molar-refractivity contribution in [1.82, 2.24) is 20.1 Å². The minimum Gasteiger partial charge on any atom is -0.365 e. The molecule has 1 aliphatic rings. The highest BCUT2D eigenvalue weighted by molar-refractivity contribution is 5.84. The first-order valence-electron chi connectivity index (χ1n) is 5.95. The molecule has 1 saturated heterocycles. The van der Waals surface area contributed by atoms with Crippen LogP contribution in [-0.4, -0.2) is 39.4 Å². The maximum absolute atomic E-state index is 12.0. The molecule has 0 unspecified atom stereocenters. The quantitative estimate of drug-likeness (QED) is 0.822. The fourth-order valence-electron chi connectivity index (χ4n) is 1.93. The third-order valence-corrected chi connectivity index (χ3v) is 3.04. The Balaban J connectivity index is 1.76. The van der Waals surface area contributed by atoms with Gasteiger partial charge in [-0.3, -0.25) is 9.48 Å². The molecule has 0 bridgehead atoms. The molecule has 2 heterocycles. The first-order chi connectivity index (χ1) is 8.21. The first-order valence-corrected chi connectivity index (χ1v) is 5.95. The van der Waals surface area contributed by atoms with Crippen LogP contribution in [0.2, 0.25) is 0 Å². The van der Waals surface area contributed by atoms with Crippen molar-refractivity contribution in [2.75, 3.05) is 13.2 Å². The molecule has 94 valence electrons. The maximum Gasteiger partial charge on any atom is 0.252 e. The summed E-state index contributed by atoms with van der Waals surface area (Å²) in [6.45, 7) is 3.70. The van der Waals surface area contributed by atoms with Crippen LogP contribution in [-0.2, 0) is 16.1 Å². The van der Waals surface area contributed by atoms with Crippen molar-refractivity contribution in [2.45, 2.75) is 38.3 Å². The second kappa shape index (κ2) is 5.27. The average molecular weight is 238 g/mol. The van der Waals surface area contributed by atoms with Gasteiger partial charge in [0.1, 0.15) is 18.3 Å². The van der Waals surface area contributed by atoms with Gasteiger partial charge in [0, 0.05) is 13.2 Å². The lowest BCUT2D eigenvalue weighted by atomic mass is 9.95. The Kier molecular flexibility index (Phi) is 3.73. The highest BCUT2D eigenvalue weighted by Gasteiger charge is 2.35. The van der Waals surface area contributed by atoms with Crippen LogP contribution < -0.4 is 5.32 Å². The number of aromatic nitrogens is 3. The van der Waals surface area contributed by atoms with E-state index in [1.807, 2.05) is 6.92 Å². The zero-order valence-electron chi connectivity index (χ0n) is 10.1. The van der Waals surface area contributed by atoms with E-state index in [4.69, 9.17) is 4.74 Å². The van der Waals surface area contributed by atoms with Crippen molar-refractivity contribution >= 4 is 5.91 Å². The molecule has 0 saturated carbocycles. The molecular weight excluding hydrogens is 220 g/mol. The van der Waals surface area contributed by atoms with Gasteiger partial charge in [-0.1, -0.05) is 0 Å². The molecular formula is C11H18N4O2. The lowest BCUT2D eigenvalue weighted by Crippen LogP contribution is -2.49. The monoisotopic (exact) mass is 238 g/mol. The summed E-state index contributed by atoms with van der Waals surface area (Å²) < 4.78 is 7.25. The molecule has 0 radical (unpaired) electrons. The van der Waals surface area contributed by atoms with Crippen molar-refractivity contribution in [3.63, 3.8) is 0 Å². The number of ether oxygens (including phenoxy) is 1. The van der Waals surface area contributed by atoms with Crippen LogP contribution in [0.4, 0.5) is 0 Å². The summed E-state index contributed by atoms with van der Waals surface area (Å²) in [5.74, 6) is -0.0303. The number of nitrogens with zero attached hydrogens (tertiary/aromatic N) is 3. The number of hydrogen-bond donors (Lipinski definition) is 1. The maximum atomic E-state index is 12.0. The van der Waals surface area contributed by atoms with Crippen molar-refractivity contribution in [1.29, 1.82) is 0 Å². The molecule has 1 aromatic heterocycles. The van der Waals surface area contributed by atoms with Gasteiger partial charge in [0.05, 0.1) is 6.54 Å². The molecule has 0 aliphatic carbocycles. The Morgan fingerprint density at radius 2 is 2.47 bits per heavy atom. The predicted molar refractivity (Wildman–Crippen MR) is 61.2 cm³/mol. The van der Waals surface area contributed by atoms with E-state index in [9.17, 15) is 4.79 Å². The number of rotatable bonds is 4. The molecule has 1 N–H and O–H groups in total. The Morgan fingerprint density at radius 3 is 3.12 bits per heavy atom. The van der Waals surface area contributed by atoms with E-state index in [0.29, 0.717) is 19.7 Å². The van der Waals surface area contributed by atoms with Gasteiger partial charge in [-0.25, -0.2) is 4.98 Å². The summed E-state index contributed by atoms with van der Waals surface area (Å²) in [6, 6.07) is 0. The summed E-state index contributed by atoms with van der Waals surface area (Å²) in [7, 11) is 0. The highest BCUT2D eigenvalue weighted by atomic mass is 16.5. The zero-order valence-corrected chi connectivity index (χ0v) is 10.1. The molecule has 1 aromatic rings. The van der Waals surface area contributed by atoms with E-state index in [0.717, 1.165) is 19.3 Å². The van der Waals surface area contributed by atoms with Crippen molar-refractivity contribution < 1.29 is 9.53 Å². The topological polar surface area (TPSA) is 69.0 Å². The van der Waals surface area contributed by atoms with Gasteiger partial charge in [-0.2, -0.15) is 5.10 Å². The van der Waals surface area contributed by atoms with Gasteiger partial charge in [0.2, 0.25) is 0 Å². The fourth-order valence-corrected chi connectivity index (χ4v) is 1.93. The molecule has 17 heavy (non-hydrogen) atoms. The average Bonchev–Trinajstić information content (AvgIpc) is 2.83. The van der Waals surface area contributed by atoms with E-state index in [2.05, 4.69) is 15.4 Å². The van der Waals surface area contributed by atoms with Gasteiger partial charge in [0.25, 0.3) is 5.91 Å². The van der Waals surface area contributed by atoms with Crippen LogP contribution in [0.1, 0.15) is 26.2 Å². The predicted octanol–water partition coefficient (Wildman–Crippen LogP) is 0.353. The summed E-state index contributed by atoms with van der Waals surface area (Å²) >= 11 is 0. The number of carbonyl (C=O) groups is 1. The lowest BCUT2D eigenvalue weighted by Gasteiger charge is -2.32. The molecule has 1 amide bonds. The van der Waals surface area contributed by atoms with Crippen molar-refractivity contribution in [3.8, 4) is 0 Å². The number of amides is 1. The highest BCUT2D eigenvalue weighted by Crippen LogP contribution is 2.24. The SMILES string of the molecule is C[C@@]1(C(=O)NCCn2cncn2)CCCCO1. The second-order valence-electron chi connectivity index (χ2n) is 4.45. The molecule has 6 heteroatoms. The normalized spacial score (nSPS) is 24.5. The number of carbonyl (C=O) groups excluding carboxylic acids is 1. The Bertz CT molecular complexity index is 358. The third-order valence-electron chi connectivity index (χ3n) is 3.04. The third kappa shape index (κ3) is 3.03. The van der Waals surface area contributed by atoms with E-state index >= 15 is 0 Å². The van der Waals surface area contributed by atoms with Crippen LogP contribution in [0, 0.1) is 0 Å². The zero-order chi connectivity index (χ0) is 12.1. The van der Waals surface area contributed by atoms with Crippen molar-refractivity contribution in [3.05, 3.63) is 12.7 Å². The summed E-state index contributed by atoms with van der Waals surface area (Å²) in [6.07, 6.45) is 6.00. The van der Waals surface area contributed by atoms with Crippen LogP contribution in [0.3, 0.4) is 0 Å². The smallest absolute Gasteiger partial charge is 0.252 e. The van der Waals surface area contributed by atoms with Crippen LogP contribution in [0.5, 0.6) is 0 Å². The van der Waals surface area contributed by atoms with Crippen LogP contribution >= 0.6 is 0 Å². The van der Waals surface area contributed by atoms with Gasteiger partial charge in [0.15, 0.2) is 0 Å². The molecule has 1 atom stereocenters. The molecule has 1 aliphatic heterocycles. The molecule has 0 aromatic carbocycles. The largest absolute Gasteiger partial charge is 0.365 e. The summed E-state index contributed by atoms with van der Waals surface area (Å²) in [5, 5.41) is 6.84. The van der Waals surface area contributed by atoms with Gasteiger partial charge < -0.3 is 10.1 Å². The Morgan fingerprint density at radius 1 is 1.59 bits per heavy atom. The molecule has 6 nitrogen and oxygen atoms in total. The minimum atomic E-state index is -0.652. The summed E-state index contributed by atoms with van der Waals surface area (Å²) in [4.78, 5) is 15.8. The van der Waals surface area contributed by atoms with E-state index < -0.39 is 5.60 Å². The van der Waals surface area contributed by atoms with Crippen molar-refractivity contribution in [2.24, 2.45) is 0 Å².